The lowest BCUT2D eigenvalue weighted by molar-refractivity contribution is 0.103. The van der Waals surface area contributed by atoms with Crippen LogP contribution in [-0.4, -0.2) is 5.78 Å². The molecule has 19 heavy (non-hydrogen) atoms. The van der Waals surface area contributed by atoms with Crippen molar-refractivity contribution < 1.29 is 4.79 Å². The summed E-state index contributed by atoms with van der Waals surface area (Å²) in [5.74, 6) is 0.0388. The third kappa shape index (κ3) is 2.71. The van der Waals surface area contributed by atoms with Gasteiger partial charge in [-0.15, -0.1) is 0 Å². The number of rotatable bonds is 2. The molecule has 0 aliphatic carbocycles. The van der Waals surface area contributed by atoms with E-state index in [0.29, 0.717) is 10.6 Å². The molecular formula is C17H17ClO. The van der Waals surface area contributed by atoms with Gasteiger partial charge in [0.2, 0.25) is 0 Å². The third-order valence-electron chi connectivity index (χ3n) is 3.34. The molecule has 0 saturated heterocycles. The first-order valence-corrected chi connectivity index (χ1v) is 6.66. The number of ketones is 1. The first kappa shape index (κ1) is 13.8. The van der Waals surface area contributed by atoms with Gasteiger partial charge < -0.3 is 0 Å². The molecule has 2 heteroatoms. The minimum absolute atomic E-state index is 0.0388. The van der Waals surface area contributed by atoms with Crippen LogP contribution in [0.2, 0.25) is 5.02 Å². The largest absolute Gasteiger partial charge is 0.289 e. The van der Waals surface area contributed by atoms with Crippen LogP contribution < -0.4 is 0 Å². The topological polar surface area (TPSA) is 17.1 Å². The Morgan fingerprint density at radius 1 is 0.895 bits per heavy atom. The van der Waals surface area contributed by atoms with E-state index in [-0.39, 0.29) is 5.78 Å². The SMILES string of the molecule is Cc1cc(C)c(C(=O)c2ccc(C)c(Cl)c2)c(C)c1. The first-order chi connectivity index (χ1) is 8.90. The van der Waals surface area contributed by atoms with Crippen molar-refractivity contribution in [1.82, 2.24) is 0 Å². The average Bonchev–Trinajstić information content (AvgIpc) is 2.31. The van der Waals surface area contributed by atoms with Gasteiger partial charge in [0.25, 0.3) is 0 Å². The fourth-order valence-corrected chi connectivity index (χ4v) is 2.60. The van der Waals surface area contributed by atoms with Gasteiger partial charge in [-0.1, -0.05) is 41.4 Å². The summed E-state index contributed by atoms with van der Waals surface area (Å²) in [5.41, 5.74) is 5.61. The predicted molar refractivity (Wildman–Crippen MR) is 80.3 cm³/mol. The molecule has 0 aliphatic heterocycles. The Bertz CT molecular complexity index is 633. The lowest BCUT2D eigenvalue weighted by Crippen LogP contribution is -2.07. The molecular weight excluding hydrogens is 256 g/mol. The van der Waals surface area contributed by atoms with Crippen molar-refractivity contribution in [3.63, 3.8) is 0 Å². The highest BCUT2D eigenvalue weighted by atomic mass is 35.5. The molecule has 0 saturated carbocycles. The summed E-state index contributed by atoms with van der Waals surface area (Å²) in [6.45, 7) is 7.92. The zero-order chi connectivity index (χ0) is 14.2. The molecule has 0 spiro atoms. The number of carbonyl (C=O) groups excluding carboxylic acids is 1. The molecule has 0 aliphatic rings. The third-order valence-corrected chi connectivity index (χ3v) is 3.75. The Balaban J connectivity index is 2.53. The zero-order valence-electron chi connectivity index (χ0n) is 11.7. The number of hydrogen-bond acceptors (Lipinski definition) is 1. The van der Waals surface area contributed by atoms with E-state index in [2.05, 4.69) is 0 Å². The smallest absolute Gasteiger partial charge is 0.193 e. The molecule has 0 amide bonds. The van der Waals surface area contributed by atoms with E-state index >= 15 is 0 Å². The van der Waals surface area contributed by atoms with Crippen molar-refractivity contribution in [3.05, 3.63) is 68.7 Å². The standard InChI is InChI=1S/C17H17ClO/c1-10-7-12(3)16(13(4)8-10)17(19)14-6-5-11(2)15(18)9-14/h5-9H,1-4H3. The van der Waals surface area contributed by atoms with Gasteiger partial charge in [-0.3, -0.25) is 4.79 Å². The average molecular weight is 273 g/mol. The maximum atomic E-state index is 12.6. The van der Waals surface area contributed by atoms with Crippen LogP contribution in [-0.2, 0) is 0 Å². The molecule has 2 aromatic carbocycles. The molecule has 0 atom stereocenters. The minimum atomic E-state index is 0.0388. The maximum absolute atomic E-state index is 12.6. The Kier molecular flexibility index (Phi) is 3.77. The van der Waals surface area contributed by atoms with Gasteiger partial charge in [-0.05, 0) is 50.5 Å². The summed E-state index contributed by atoms with van der Waals surface area (Å²) in [6.07, 6.45) is 0. The molecule has 0 aromatic heterocycles. The molecule has 0 unspecified atom stereocenters. The second-order valence-electron chi connectivity index (χ2n) is 5.07. The van der Waals surface area contributed by atoms with Gasteiger partial charge >= 0.3 is 0 Å². The molecule has 2 rings (SSSR count). The molecule has 0 N–H and O–H groups in total. The van der Waals surface area contributed by atoms with Gasteiger partial charge in [0.15, 0.2) is 5.78 Å². The molecule has 2 aromatic rings. The summed E-state index contributed by atoms with van der Waals surface area (Å²) in [7, 11) is 0. The van der Waals surface area contributed by atoms with E-state index in [1.165, 1.54) is 5.56 Å². The molecule has 98 valence electrons. The van der Waals surface area contributed by atoms with E-state index in [0.717, 1.165) is 22.3 Å². The summed E-state index contributed by atoms with van der Waals surface area (Å²) in [6, 6.07) is 9.54. The minimum Gasteiger partial charge on any atom is -0.289 e. The van der Waals surface area contributed by atoms with Gasteiger partial charge in [-0.25, -0.2) is 0 Å². The summed E-state index contributed by atoms with van der Waals surface area (Å²) >= 11 is 6.10. The van der Waals surface area contributed by atoms with Crippen molar-refractivity contribution in [2.45, 2.75) is 27.7 Å². The van der Waals surface area contributed by atoms with Crippen LogP contribution in [0.3, 0.4) is 0 Å². The van der Waals surface area contributed by atoms with Crippen molar-refractivity contribution in [2.24, 2.45) is 0 Å². The predicted octanol–water partition coefficient (Wildman–Crippen LogP) is 4.80. The number of benzene rings is 2. The van der Waals surface area contributed by atoms with Crippen LogP contribution in [0.4, 0.5) is 0 Å². The van der Waals surface area contributed by atoms with Gasteiger partial charge in [-0.2, -0.15) is 0 Å². The highest BCUT2D eigenvalue weighted by Gasteiger charge is 2.15. The number of carbonyl (C=O) groups is 1. The lowest BCUT2D eigenvalue weighted by atomic mass is 9.93. The quantitative estimate of drug-likeness (QED) is 0.718. The van der Waals surface area contributed by atoms with E-state index in [4.69, 9.17) is 11.6 Å². The lowest BCUT2D eigenvalue weighted by Gasteiger charge is -2.11. The van der Waals surface area contributed by atoms with E-state index < -0.39 is 0 Å². The Morgan fingerprint density at radius 2 is 1.47 bits per heavy atom. The summed E-state index contributed by atoms with van der Waals surface area (Å²) in [4.78, 5) is 12.6. The van der Waals surface area contributed by atoms with Crippen LogP contribution >= 0.6 is 11.6 Å². The number of hydrogen-bond donors (Lipinski definition) is 0. The Hall–Kier alpha value is -1.60. The van der Waals surface area contributed by atoms with Crippen molar-refractivity contribution in [3.8, 4) is 0 Å². The fourth-order valence-electron chi connectivity index (χ4n) is 2.42. The zero-order valence-corrected chi connectivity index (χ0v) is 12.4. The highest BCUT2D eigenvalue weighted by Crippen LogP contribution is 2.23. The summed E-state index contributed by atoms with van der Waals surface area (Å²) < 4.78 is 0. The molecule has 0 heterocycles. The second kappa shape index (κ2) is 5.18. The van der Waals surface area contributed by atoms with Gasteiger partial charge in [0.05, 0.1) is 0 Å². The van der Waals surface area contributed by atoms with Gasteiger partial charge in [0.1, 0.15) is 0 Å². The van der Waals surface area contributed by atoms with E-state index in [1.54, 1.807) is 6.07 Å². The van der Waals surface area contributed by atoms with Crippen LogP contribution in [0.1, 0.15) is 38.2 Å². The molecule has 0 bridgehead atoms. The molecule has 1 nitrogen and oxygen atoms in total. The van der Waals surface area contributed by atoms with E-state index in [1.807, 2.05) is 52.0 Å². The normalized spacial score (nSPS) is 10.6. The van der Waals surface area contributed by atoms with Crippen LogP contribution in [0.5, 0.6) is 0 Å². The Morgan fingerprint density at radius 3 is 2.00 bits per heavy atom. The molecule has 0 fully saturated rings. The highest BCUT2D eigenvalue weighted by molar-refractivity contribution is 6.32. The van der Waals surface area contributed by atoms with Crippen molar-refractivity contribution in [2.75, 3.05) is 0 Å². The second-order valence-corrected chi connectivity index (χ2v) is 5.47. The van der Waals surface area contributed by atoms with Crippen molar-refractivity contribution in [1.29, 1.82) is 0 Å². The fraction of sp³-hybridized carbons (Fsp3) is 0.235. The van der Waals surface area contributed by atoms with Crippen molar-refractivity contribution >= 4 is 17.4 Å². The monoisotopic (exact) mass is 272 g/mol. The van der Waals surface area contributed by atoms with Gasteiger partial charge in [0, 0.05) is 16.1 Å². The maximum Gasteiger partial charge on any atom is 0.193 e. The molecule has 0 radical (unpaired) electrons. The number of halogens is 1. The first-order valence-electron chi connectivity index (χ1n) is 6.29. The van der Waals surface area contributed by atoms with Crippen LogP contribution in [0, 0.1) is 27.7 Å². The Labute approximate surface area is 119 Å². The van der Waals surface area contributed by atoms with E-state index in [9.17, 15) is 4.79 Å². The van der Waals surface area contributed by atoms with Crippen LogP contribution in [0.25, 0.3) is 0 Å². The summed E-state index contributed by atoms with van der Waals surface area (Å²) in [5, 5.41) is 0.633. The number of aryl methyl sites for hydroxylation is 4. The van der Waals surface area contributed by atoms with Crippen LogP contribution in [0.15, 0.2) is 30.3 Å².